The van der Waals surface area contributed by atoms with Crippen LogP contribution in [0.15, 0.2) is 64.3 Å². The average molecular weight is 383 g/mol. The molecule has 4 nitrogen and oxygen atoms in total. The van der Waals surface area contributed by atoms with E-state index in [1.165, 1.54) is 0 Å². The molecule has 2 aromatic rings. The highest BCUT2D eigenvalue weighted by Gasteiger charge is 2.42. The van der Waals surface area contributed by atoms with Gasteiger partial charge in [0.2, 0.25) is 5.78 Å². The highest BCUT2D eigenvalue weighted by molar-refractivity contribution is 9.10. The Kier molecular flexibility index (Phi) is 3.46. The zero-order valence-corrected chi connectivity index (χ0v) is 14.0. The van der Waals surface area contributed by atoms with Gasteiger partial charge in [0.15, 0.2) is 11.5 Å². The fraction of sp³-hybridized carbons (Fsp3) is 0.105. The summed E-state index contributed by atoms with van der Waals surface area (Å²) in [5.41, 5.74) is 1.72. The Morgan fingerprint density at radius 1 is 0.917 bits per heavy atom. The van der Waals surface area contributed by atoms with Gasteiger partial charge in [-0.3, -0.25) is 14.4 Å². The fourth-order valence-electron chi connectivity index (χ4n) is 3.22. The van der Waals surface area contributed by atoms with Crippen molar-refractivity contribution in [3.63, 3.8) is 0 Å². The molecular weight excluding hydrogens is 372 g/mol. The molecule has 118 valence electrons. The van der Waals surface area contributed by atoms with E-state index >= 15 is 0 Å². The molecule has 5 heteroatoms. The number of allylic oxidation sites excluding steroid dienone is 2. The van der Waals surface area contributed by atoms with E-state index < -0.39 is 17.7 Å². The van der Waals surface area contributed by atoms with Crippen LogP contribution in [0.2, 0.25) is 0 Å². The van der Waals surface area contributed by atoms with Gasteiger partial charge in [-0.2, -0.15) is 0 Å². The predicted molar refractivity (Wildman–Crippen MR) is 89.7 cm³/mol. The number of carbonyl (C=O) groups excluding carboxylic acids is 3. The minimum absolute atomic E-state index is 0.0382. The van der Waals surface area contributed by atoms with Gasteiger partial charge in [-0.05, 0) is 17.7 Å². The summed E-state index contributed by atoms with van der Waals surface area (Å²) in [6.07, 6.45) is 0.0382. The molecule has 1 aliphatic heterocycles. The number of Topliss-reactive ketones (excluding diaryl/α,β-unsaturated/α-hetero) is 2. The molecule has 4 rings (SSSR count). The van der Waals surface area contributed by atoms with Crippen molar-refractivity contribution >= 4 is 33.5 Å². The van der Waals surface area contributed by atoms with E-state index in [1.54, 1.807) is 24.3 Å². The lowest BCUT2D eigenvalue weighted by Gasteiger charge is -2.30. The molecule has 1 heterocycles. The number of benzene rings is 2. The first-order valence-corrected chi connectivity index (χ1v) is 8.24. The van der Waals surface area contributed by atoms with Crippen molar-refractivity contribution in [3.05, 3.63) is 81.0 Å². The number of hydrogen-bond acceptors (Lipinski definition) is 4. The van der Waals surface area contributed by atoms with Gasteiger partial charge in [0.1, 0.15) is 0 Å². The van der Waals surface area contributed by atoms with Gasteiger partial charge in [-0.15, -0.1) is 0 Å². The predicted octanol–water partition coefficient (Wildman–Crippen LogP) is 3.81. The normalized spacial score (nSPS) is 19.7. The monoisotopic (exact) mass is 382 g/mol. The number of hydrogen-bond donors (Lipinski definition) is 0. The van der Waals surface area contributed by atoms with Crippen LogP contribution in [0.3, 0.4) is 0 Å². The molecule has 1 atom stereocenters. The molecule has 0 saturated carbocycles. The smallest absolute Gasteiger partial charge is 0.312 e. The van der Waals surface area contributed by atoms with E-state index in [2.05, 4.69) is 15.9 Å². The molecule has 0 fully saturated rings. The number of carbonyl (C=O) groups is 3. The Morgan fingerprint density at radius 2 is 1.62 bits per heavy atom. The Morgan fingerprint density at radius 3 is 2.33 bits per heavy atom. The van der Waals surface area contributed by atoms with Crippen LogP contribution in [-0.2, 0) is 9.53 Å². The first kappa shape index (κ1) is 15.0. The van der Waals surface area contributed by atoms with E-state index in [1.807, 2.05) is 24.3 Å². The van der Waals surface area contributed by atoms with Crippen LogP contribution in [0, 0.1) is 0 Å². The molecule has 0 N–H and O–H groups in total. The molecule has 24 heavy (non-hydrogen) atoms. The minimum atomic E-state index is -0.501. The number of fused-ring (bicyclic) bond motifs is 1. The molecule has 0 radical (unpaired) electrons. The number of rotatable bonds is 1. The Labute approximate surface area is 146 Å². The second-order valence-corrected chi connectivity index (χ2v) is 6.65. The molecule has 1 unspecified atom stereocenters. The quantitative estimate of drug-likeness (QED) is 0.703. The van der Waals surface area contributed by atoms with Crippen molar-refractivity contribution in [2.75, 3.05) is 0 Å². The van der Waals surface area contributed by atoms with Crippen molar-refractivity contribution in [1.82, 2.24) is 0 Å². The van der Waals surface area contributed by atoms with Gasteiger partial charge in [0.05, 0.1) is 12.0 Å². The third kappa shape index (κ3) is 2.24. The van der Waals surface area contributed by atoms with Gasteiger partial charge in [-0.1, -0.05) is 52.3 Å². The summed E-state index contributed by atoms with van der Waals surface area (Å²) in [6, 6.07) is 14.0. The number of ketones is 2. The third-order valence-corrected chi connectivity index (χ3v) is 4.79. The van der Waals surface area contributed by atoms with Crippen LogP contribution in [0.1, 0.15) is 38.6 Å². The van der Waals surface area contributed by atoms with Crippen LogP contribution in [-0.4, -0.2) is 17.5 Å². The van der Waals surface area contributed by atoms with Crippen LogP contribution in [0.4, 0.5) is 0 Å². The summed E-state index contributed by atoms with van der Waals surface area (Å²) < 4.78 is 6.01. The molecule has 0 saturated heterocycles. The summed E-state index contributed by atoms with van der Waals surface area (Å²) in [6.45, 7) is 0. The standard InChI is InChI=1S/C19H11BrO4/c20-11-5-3-4-10(8-11)14-9-15(21)24-19-16(14)17(22)12-6-1-2-7-13(12)18(19)23/h1-8,14H,9H2. The van der Waals surface area contributed by atoms with Crippen LogP contribution in [0.25, 0.3) is 0 Å². The van der Waals surface area contributed by atoms with Gasteiger partial charge < -0.3 is 4.74 Å². The van der Waals surface area contributed by atoms with E-state index in [9.17, 15) is 14.4 Å². The Hall–Kier alpha value is -2.53. The lowest BCUT2D eigenvalue weighted by atomic mass is 9.77. The van der Waals surface area contributed by atoms with Crippen LogP contribution >= 0.6 is 15.9 Å². The second kappa shape index (κ2) is 5.53. The number of ether oxygens (including phenoxy) is 1. The molecule has 0 spiro atoms. The van der Waals surface area contributed by atoms with E-state index in [0.29, 0.717) is 5.56 Å². The summed E-state index contributed by atoms with van der Waals surface area (Å²) in [7, 11) is 0. The summed E-state index contributed by atoms with van der Waals surface area (Å²) in [4.78, 5) is 37.7. The van der Waals surface area contributed by atoms with Gasteiger partial charge in [0, 0.05) is 21.5 Å². The van der Waals surface area contributed by atoms with Crippen LogP contribution < -0.4 is 0 Å². The van der Waals surface area contributed by atoms with Crippen LogP contribution in [0.5, 0.6) is 0 Å². The molecule has 2 aromatic carbocycles. The SMILES string of the molecule is O=C1CC(c2cccc(Br)c2)C2=C(O1)C(=O)c1ccccc1C2=O. The molecule has 0 bridgehead atoms. The van der Waals surface area contributed by atoms with Gasteiger partial charge in [-0.25, -0.2) is 0 Å². The third-order valence-electron chi connectivity index (χ3n) is 4.30. The lowest BCUT2D eigenvalue weighted by Crippen LogP contribution is -2.32. The topological polar surface area (TPSA) is 60.4 Å². The fourth-order valence-corrected chi connectivity index (χ4v) is 3.64. The molecule has 0 amide bonds. The zero-order chi connectivity index (χ0) is 16.8. The van der Waals surface area contributed by atoms with Crippen molar-refractivity contribution in [2.24, 2.45) is 0 Å². The molecule has 1 aliphatic carbocycles. The van der Waals surface area contributed by atoms with Crippen molar-refractivity contribution < 1.29 is 19.1 Å². The van der Waals surface area contributed by atoms with Gasteiger partial charge in [0.25, 0.3) is 0 Å². The first-order valence-electron chi connectivity index (χ1n) is 7.45. The van der Waals surface area contributed by atoms with Crippen molar-refractivity contribution in [3.8, 4) is 0 Å². The van der Waals surface area contributed by atoms with Crippen molar-refractivity contribution in [1.29, 1.82) is 0 Å². The largest absolute Gasteiger partial charge is 0.422 e. The summed E-state index contributed by atoms with van der Waals surface area (Å²) in [5, 5.41) is 0. The number of esters is 1. The minimum Gasteiger partial charge on any atom is -0.422 e. The maximum absolute atomic E-state index is 13.0. The highest BCUT2D eigenvalue weighted by Crippen LogP contribution is 2.41. The zero-order valence-electron chi connectivity index (χ0n) is 12.4. The van der Waals surface area contributed by atoms with Crippen molar-refractivity contribution in [2.45, 2.75) is 12.3 Å². The lowest BCUT2D eigenvalue weighted by molar-refractivity contribution is -0.140. The Bertz CT molecular complexity index is 942. The molecule has 0 aromatic heterocycles. The highest BCUT2D eigenvalue weighted by atomic mass is 79.9. The Balaban J connectivity index is 1.92. The summed E-state index contributed by atoms with van der Waals surface area (Å²) >= 11 is 3.40. The maximum atomic E-state index is 13.0. The maximum Gasteiger partial charge on any atom is 0.312 e. The molecular formula is C19H11BrO4. The average Bonchev–Trinajstić information content (AvgIpc) is 2.59. The number of halogens is 1. The molecule has 2 aliphatic rings. The second-order valence-electron chi connectivity index (χ2n) is 5.73. The summed E-state index contributed by atoms with van der Waals surface area (Å²) in [5.74, 6) is -1.77. The van der Waals surface area contributed by atoms with E-state index in [4.69, 9.17) is 4.74 Å². The van der Waals surface area contributed by atoms with E-state index in [-0.39, 0.29) is 29.1 Å². The van der Waals surface area contributed by atoms with E-state index in [0.717, 1.165) is 10.0 Å². The first-order chi connectivity index (χ1) is 11.6. The van der Waals surface area contributed by atoms with Gasteiger partial charge >= 0.3 is 5.97 Å².